The van der Waals surface area contributed by atoms with E-state index < -0.39 is 0 Å². The lowest BCUT2D eigenvalue weighted by Crippen LogP contribution is -2.47. The quantitative estimate of drug-likeness (QED) is 0.459. The molecular weight excluding hydrogens is 444 g/mol. The monoisotopic (exact) mass is 472 g/mol. The van der Waals surface area contributed by atoms with E-state index in [2.05, 4.69) is 24.9 Å². The topological polar surface area (TPSA) is 91.2 Å². The Hall–Kier alpha value is -2.26. The lowest BCUT2D eigenvalue weighted by atomic mass is 9.72. The minimum absolute atomic E-state index is 0.00418. The molecule has 0 radical (unpaired) electrons. The van der Waals surface area contributed by atoms with Gasteiger partial charge in [-0.15, -0.1) is 0 Å². The van der Waals surface area contributed by atoms with Crippen LogP contribution in [0.2, 0.25) is 5.15 Å². The van der Waals surface area contributed by atoms with E-state index in [0.29, 0.717) is 11.7 Å². The summed E-state index contributed by atoms with van der Waals surface area (Å²) in [6, 6.07) is 0. The predicted molar refractivity (Wildman–Crippen MR) is 122 cm³/mol. The minimum Gasteiger partial charge on any atom is -0.392 e. The first kappa shape index (κ1) is 21.3. The van der Waals surface area contributed by atoms with Crippen LogP contribution in [0.25, 0.3) is 0 Å². The predicted octanol–water partition coefficient (Wildman–Crippen LogP) is 1.67. The molecule has 2 saturated heterocycles. The standard InChI is InChI=1S/C23H29ClN6O3/c1-13-18-14-10-15(21(18)33-27-13)20-19(14)22(31)30(23(20)32)5-3-2-4-28-6-8-29(9-7-28)17-12-25-11-16(24)26-17/h11-12,14-15,18-21H,2-10H2,1H3. The van der Waals surface area contributed by atoms with Crippen molar-refractivity contribution in [2.45, 2.75) is 32.3 Å². The Bertz CT molecular complexity index is 996. The van der Waals surface area contributed by atoms with Crippen molar-refractivity contribution in [3.8, 4) is 0 Å². The molecule has 6 unspecified atom stereocenters. The third-order valence-corrected chi connectivity index (χ3v) is 8.57. The number of halogens is 1. The molecule has 1 aromatic heterocycles. The minimum atomic E-state index is -0.187. The van der Waals surface area contributed by atoms with Crippen LogP contribution in [0.1, 0.15) is 26.2 Å². The highest BCUT2D eigenvalue weighted by Crippen LogP contribution is 2.61. The smallest absolute Gasteiger partial charge is 0.233 e. The second-order valence-corrected chi connectivity index (χ2v) is 10.4. The molecule has 4 fully saturated rings. The van der Waals surface area contributed by atoms with Gasteiger partial charge >= 0.3 is 0 Å². The molecule has 9 nitrogen and oxygen atoms in total. The number of aromatic nitrogens is 2. The van der Waals surface area contributed by atoms with Gasteiger partial charge in [0.1, 0.15) is 17.1 Å². The largest absolute Gasteiger partial charge is 0.392 e. The van der Waals surface area contributed by atoms with Crippen LogP contribution in [0.3, 0.4) is 0 Å². The number of nitrogens with zero attached hydrogens (tertiary/aromatic N) is 6. The van der Waals surface area contributed by atoms with E-state index in [4.69, 9.17) is 16.4 Å². The van der Waals surface area contributed by atoms with Crippen LogP contribution < -0.4 is 4.90 Å². The number of fused-ring (bicyclic) bond motifs is 8. The number of hydrogen-bond donors (Lipinski definition) is 0. The van der Waals surface area contributed by atoms with E-state index in [1.807, 2.05) is 6.92 Å². The summed E-state index contributed by atoms with van der Waals surface area (Å²) in [7, 11) is 0. The van der Waals surface area contributed by atoms with Gasteiger partial charge in [-0.2, -0.15) is 0 Å². The SMILES string of the molecule is CC1=NOC2C3CC(C12)C1C(=O)N(CCCCN2CCN(c4cncc(Cl)n4)CC2)C(=O)C31. The second kappa shape index (κ2) is 8.20. The molecule has 5 aliphatic rings. The molecule has 1 aromatic rings. The van der Waals surface area contributed by atoms with Gasteiger partial charge in [-0.3, -0.25) is 24.4 Å². The third kappa shape index (κ3) is 3.43. The highest BCUT2D eigenvalue weighted by Gasteiger charge is 2.69. The number of oxime groups is 1. The fourth-order valence-corrected chi connectivity index (χ4v) is 7.05. The van der Waals surface area contributed by atoms with Crippen molar-refractivity contribution in [2.24, 2.45) is 34.7 Å². The van der Waals surface area contributed by atoms with E-state index >= 15 is 0 Å². The van der Waals surface area contributed by atoms with Gasteiger partial charge in [0.05, 0.1) is 29.9 Å². The number of likely N-dealkylation sites (tertiary alicyclic amines) is 1. The Morgan fingerprint density at radius 2 is 1.73 bits per heavy atom. The fourth-order valence-electron chi connectivity index (χ4n) is 6.91. The first-order valence-electron chi connectivity index (χ1n) is 12.0. The molecule has 0 aromatic carbocycles. The van der Waals surface area contributed by atoms with E-state index in [1.165, 1.54) is 0 Å². The fraction of sp³-hybridized carbons (Fsp3) is 0.696. The van der Waals surface area contributed by atoms with Crippen molar-refractivity contribution < 1.29 is 14.4 Å². The summed E-state index contributed by atoms with van der Waals surface area (Å²) >= 11 is 5.96. The van der Waals surface area contributed by atoms with Crippen LogP contribution >= 0.6 is 11.6 Å². The van der Waals surface area contributed by atoms with Crippen molar-refractivity contribution >= 4 is 34.9 Å². The van der Waals surface area contributed by atoms with Gasteiger partial charge in [0.25, 0.3) is 0 Å². The summed E-state index contributed by atoms with van der Waals surface area (Å²) in [5.41, 5.74) is 0.993. The van der Waals surface area contributed by atoms with Crippen molar-refractivity contribution in [1.29, 1.82) is 0 Å². The zero-order valence-corrected chi connectivity index (χ0v) is 19.5. The van der Waals surface area contributed by atoms with Gasteiger partial charge in [-0.1, -0.05) is 16.8 Å². The molecule has 3 aliphatic heterocycles. The lowest BCUT2D eigenvalue weighted by molar-refractivity contribution is -0.141. The number of amides is 2. The molecule has 4 heterocycles. The van der Waals surface area contributed by atoms with Gasteiger partial charge in [-0.05, 0) is 38.6 Å². The number of imide groups is 1. The molecule has 6 atom stereocenters. The summed E-state index contributed by atoms with van der Waals surface area (Å²) in [6.45, 7) is 7.17. The van der Waals surface area contributed by atoms with Crippen molar-refractivity contribution in [3.63, 3.8) is 0 Å². The van der Waals surface area contributed by atoms with Crippen molar-refractivity contribution in [1.82, 2.24) is 19.8 Å². The number of piperazine rings is 1. The first-order valence-corrected chi connectivity index (χ1v) is 12.4. The normalized spacial score (nSPS) is 35.2. The average molecular weight is 473 g/mol. The third-order valence-electron chi connectivity index (χ3n) is 8.39. The summed E-state index contributed by atoms with van der Waals surface area (Å²) in [6.07, 6.45) is 6.04. The van der Waals surface area contributed by atoms with Gasteiger partial charge in [-0.25, -0.2) is 4.98 Å². The molecule has 0 spiro atoms. The molecular formula is C23H29ClN6O3. The van der Waals surface area contributed by atoms with E-state index in [0.717, 1.165) is 63.5 Å². The lowest BCUT2D eigenvalue weighted by Gasteiger charge is -2.35. The maximum absolute atomic E-state index is 13.2. The van der Waals surface area contributed by atoms with E-state index in [9.17, 15) is 9.59 Å². The maximum Gasteiger partial charge on any atom is 0.233 e. The number of hydrogen-bond acceptors (Lipinski definition) is 8. The van der Waals surface area contributed by atoms with Gasteiger partial charge < -0.3 is 9.74 Å². The number of unbranched alkanes of at least 4 members (excludes halogenated alkanes) is 1. The molecule has 2 saturated carbocycles. The maximum atomic E-state index is 13.2. The second-order valence-electron chi connectivity index (χ2n) is 10.0. The Labute approximate surface area is 198 Å². The zero-order valence-electron chi connectivity index (χ0n) is 18.8. The van der Waals surface area contributed by atoms with Gasteiger partial charge in [0.2, 0.25) is 11.8 Å². The summed E-state index contributed by atoms with van der Waals surface area (Å²) in [5, 5.41) is 4.56. The van der Waals surface area contributed by atoms with Crippen LogP contribution in [0.4, 0.5) is 5.82 Å². The zero-order chi connectivity index (χ0) is 22.7. The van der Waals surface area contributed by atoms with Crippen LogP contribution in [0, 0.1) is 29.6 Å². The van der Waals surface area contributed by atoms with Gasteiger partial charge in [0.15, 0.2) is 0 Å². The molecule has 0 N–H and O–H groups in total. The summed E-state index contributed by atoms with van der Waals surface area (Å²) in [5.74, 6) is 1.15. The molecule has 176 valence electrons. The number of anilines is 1. The average Bonchev–Trinajstić information content (AvgIpc) is 3.54. The molecule has 6 rings (SSSR count). The molecule has 2 bridgehead atoms. The number of rotatable bonds is 6. The highest BCUT2D eigenvalue weighted by atomic mass is 35.5. The van der Waals surface area contributed by atoms with Crippen LogP contribution in [0.15, 0.2) is 17.5 Å². The Morgan fingerprint density at radius 3 is 2.48 bits per heavy atom. The van der Waals surface area contributed by atoms with Crippen LogP contribution in [0.5, 0.6) is 0 Å². The van der Waals surface area contributed by atoms with E-state index in [-0.39, 0.29) is 47.5 Å². The van der Waals surface area contributed by atoms with Crippen LogP contribution in [-0.4, -0.2) is 82.7 Å². The Morgan fingerprint density at radius 1 is 1.00 bits per heavy atom. The molecule has 10 heteroatoms. The number of carbonyl (C=O) groups is 2. The van der Waals surface area contributed by atoms with E-state index in [1.54, 1.807) is 17.3 Å². The Kier molecular flexibility index (Phi) is 5.29. The summed E-state index contributed by atoms with van der Waals surface area (Å²) < 4.78 is 0. The summed E-state index contributed by atoms with van der Waals surface area (Å²) in [4.78, 5) is 46.6. The van der Waals surface area contributed by atoms with Crippen LogP contribution in [-0.2, 0) is 14.4 Å². The number of carbonyl (C=O) groups excluding carboxylic acids is 2. The van der Waals surface area contributed by atoms with Crippen molar-refractivity contribution in [3.05, 3.63) is 17.5 Å². The molecule has 2 amide bonds. The van der Waals surface area contributed by atoms with Gasteiger partial charge in [0, 0.05) is 44.6 Å². The molecule has 33 heavy (non-hydrogen) atoms. The van der Waals surface area contributed by atoms with Crippen molar-refractivity contribution in [2.75, 3.05) is 44.2 Å². The first-order chi connectivity index (χ1) is 16.0. The highest BCUT2D eigenvalue weighted by molar-refractivity contribution is 6.29. The molecule has 2 aliphatic carbocycles. The Balaban J connectivity index is 0.978.